The summed E-state index contributed by atoms with van der Waals surface area (Å²) in [6.07, 6.45) is 40.6. The maximum atomic E-state index is 13.0. The standard InChI is InChI=1S/C50H93NO5S/c1-4-6-10-20-44(36-40-55-49(53)34-30-42-22-12-8-13-23-42)28-32-46(51(3)38-18-19-39-52)33-29-45(21-11-7-5-2)37-41-57-48-27-17-16-26-47(48)56-50(54)35-31-43-24-14-9-15-25-43/h42-48,52H,4-41H2,1-3H3/t44?,45?,46?,47-,48?/m1/s1. The highest BCUT2D eigenvalue weighted by Crippen LogP contribution is 2.35. The van der Waals surface area contributed by atoms with Crippen LogP contribution in [-0.4, -0.2) is 71.9 Å². The summed E-state index contributed by atoms with van der Waals surface area (Å²) in [4.78, 5) is 28.3. The summed E-state index contributed by atoms with van der Waals surface area (Å²) in [6, 6.07) is 0.549. The lowest BCUT2D eigenvalue weighted by molar-refractivity contribution is -0.150. The minimum atomic E-state index is 0.0199. The maximum Gasteiger partial charge on any atom is 0.306 e. The Morgan fingerprint density at radius 3 is 1.79 bits per heavy atom. The first-order valence-corrected chi connectivity index (χ1v) is 26.2. The Balaban J connectivity index is 1.51. The van der Waals surface area contributed by atoms with Crippen molar-refractivity contribution in [2.75, 3.05) is 32.6 Å². The molecule has 7 heteroatoms. The van der Waals surface area contributed by atoms with E-state index >= 15 is 0 Å². The smallest absolute Gasteiger partial charge is 0.306 e. The van der Waals surface area contributed by atoms with E-state index in [1.165, 1.54) is 173 Å². The van der Waals surface area contributed by atoms with E-state index in [0.29, 0.717) is 36.7 Å². The molecule has 57 heavy (non-hydrogen) atoms. The predicted octanol–water partition coefficient (Wildman–Crippen LogP) is 13.6. The molecule has 6 nitrogen and oxygen atoms in total. The zero-order chi connectivity index (χ0) is 40.8. The van der Waals surface area contributed by atoms with E-state index in [1.807, 2.05) is 0 Å². The van der Waals surface area contributed by atoms with Crippen LogP contribution in [0.3, 0.4) is 0 Å². The Labute approximate surface area is 357 Å². The van der Waals surface area contributed by atoms with Gasteiger partial charge in [0.25, 0.3) is 0 Å². The summed E-state index contributed by atoms with van der Waals surface area (Å²) in [7, 11) is 2.32. The van der Waals surface area contributed by atoms with Crippen LogP contribution in [0.15, 0.2) is 0 Å². The van der Waals surface area contributed by atoms with Gasteiger partial charge in [-0.3, -0.25) is 9.59 Å². The number of unbranched alkanes of at least 4 members (excludes halogenated alkanes) is 5. The molecule has 0 aromatic rings. The first-order chi connectivity index (χ1) is 27.9. The van der Waals surface area contributed by atoms with Crippen LogP contribution in [-0.2, 0) is 19.1 Å². The fourth-order valence-corrected chi connectivity index (χ4v) is 11.9. The van der Waals surface area contributed by atoms with Crippen molar-refractivity contribution < 1.29 is 24.2 Å². The van der Waals surface area contributed by atoms with E-state index in [4.69, 9.17) is 9.47 Å². The molecule has 0 aromatic carbocycles. The highest BCUT2D eigenvalue weighted by Gasteiger charge is 2.29. The number of rotatable bonds is 33. The van der Waals surface area contributed by atoms with Crippen LogP contribution in [0.1, 0.15) is 232 Å². The second kappa shape index (κ2) is 32.9. The summed E-state index contributed by atoms with van der Waals surface area (Å²) >= 11 is 2.11. The molecule has 0 spiro atoms. The fraction of sp³-hybridized carbons (Fsp3) is 0.960. The van der Waals surface area contributed by atoms with Gasteiger partial charge in [-0.2, -0.15) is 11.8 Å². The van der Waals surface area contributed by atoms with E-state index in [1.54, 1.807) is 0 Å². The quantitative estimate of drug-likeness (QED) is 0.0522. The number of carbonyl (C=O) groups excluding carboxylic acids is 2. The lowest BCUT2D eigenvalue weighted by Gasteiger charge is -2.32. The van der Waals surface area contributed by atoms with Crippen molar-refractivity contribution in [3.05, 3.63) is 0 Å². The Hall–Kier alpha value is -0.790. The molecule has 0 radical (unpaired) electrons. The van der Waals surface area contributed by atoms with Gasteiger partial charge in [0.1, 0.15) is 6.10 Å². The minimum Gasteiger partial charge on any atom is -0.466 e. The molecule has 0 amide bonds. The number of aliphatic hydroxyl groups is 1. The van der Waals surface area contributed by atoms with Gasteiger partial charge in [0.2, 0.25) is 0 Å². The number of carbonyl (C=O) groups is 2. The summed E-state index contributed by atoms with van der Waals surface area (Å²) in [5, 5.41) is 9.98. The van der Waals surface area contributed by atoms with Crippen LogP contribution in [0.25, 0.3) is 0 Å². The minimum absolute atomic E-state index is 0.0199. The van der Waals surface area contributed by atoms with Gasteiger partial charge in [-0.1, -0.05) is 136 Å². The van der Waals surface area contributed by atoms with E-state index in [9.17, 15) is 14.7 Å². The number of ether oxygens (including phenoxy) is 2. The highest BCUT2D eigenvalue weighted by molar-refractivity contribution is 7.99. The zero-order valence-electron chi connectivity index (χ0n) is 37.8. The molecule has 0 aliphatic heterocycles. The van der Waals surface area contributed by atoms with E-state index < -0.39 is 0 Å². The van der Waals surface area contributed by atoms with Crippen molar-refractivity contribution >= 4 is 23.7 Å². The molecule has 0 heterocycles. The number of hydrogen-bond donors (Lipinski definition) is 1. The SMILES string of the molecule is CCCCCC(CCOC(=O)CCC1CCCCC1)CCC(CCC(CCCCC)CCSC1CCCC[C@H]1OC(=O)CCC1CCCCC1)N(C)CCCCO. The van der Waals surface area contributed by atoms with Crippen LogP contribution in [0, 0.1) is 23.7 Å². The molecule has 3 rings (SSSR count). The third-order valence-electron chi connectivity index (χ3n) is 14.3. The first-order valence-electron chi connectivity index (χ1n) is 25.2. The summed E-state index contributed by atoms with van der Waals surface area (Å²) in [5.74, 6) is 4.06. The fourth-order valence-electron chi connectivity index (χ4n) is 10.3. The highest BCUT2D eigenvalue weighted by atomic mass is 32.2. The van der Waals surface area contributed by atoms with E-state index in [2.05, 4.69) is 37.6 Å². The normalized spacial score (nSPS) is 21.4. The van der Waals surface area contributed by atoms with Crippen LogP contribution < -0.4 is 0 Å². The Bertz CT molecular complexity index is 984. The Morgan fingerprint density at radius 2 is 1.19 bits per heavy atom. The molecule has 3 aliphatic carbocycles. The van der Waals surface area contributed by atoms with Gasteiger partial charge in [-0.05, 0) is 126 Å². The molecule has 3 aliphatic rings. The molecular formula is C50H93NO5S. The van der Waals surface area contributed by atoms with Crippen molar-refractivity contribution in [3.8, 4) is 0 Å². The maximum absolute atomic E-state index is 13.0. The lowest BCUT2D eigenvalue weighted by Crippen LogP contribution is -2.34. The van der Waals surface area contributed by atoms with Crippen molar-refractivity contribution in [2.45, 2.75) is 250 Å². The summed E-state index contributed by atoms with van der Waals surface area (Å²) < 4.78 is 12.1. The van der Waals surface area contributed by atoms with Crippen LogP contribution in [0.5, 0.6) is 0 Å². The predicted molar refractivity (Wildman–Crippen MR) is 243 cm³/mol. The van der Waals surface area contributed by atoms with Crippen molar-refractivity contribution in [2.24, 2.45) is 23.7 Å². The molecule has 1 N–H and O–H groups in total. The Morgan fingerprint density at radius 1 is 0.632 bits per heavy atom. The van der Waals surface area contributed by atoms with Crippen molar-refractivity contribution in [3.63, 3.8) is 0 Å². The van der Waals surface area contributed by atoms with E-state index in [-0.39, 0.29) is 24.6 Å². The first kappa shape index (κ1) is 50.6. The number of esters is 2. The molecule has 0 aromatic heterocycles. The van der Waals surface area contributed by atoms with Gasteiger partial charge < -0.3 is 19.5 Å². The lowest BCUT2D eigenvalue weighted by atomic mass is 9.86. The number of thioether (sulfide) groups is 1. The molecule has 5 atom stereocenters. The summed E-state index contributed by atoms with van der Waals surface area (Å²) in [6.45, 7) is 6.50. The van der Waals surface area contributed by atoms with Crippen molar-refractivity contribution in [1.82, 2.24) is 4.90 Å². The molecule has 0 bridgehead atoms. The third kappa shape index (κ3) is 23.7. The second-order valence-electron chi connectivity index (χ2n) is 19.0. The average molecular weight is 820 g/mol. The van der Waals surface area contributed by atoms with Gasteiger partial charge in [0.05, 0.1) is 6.61 Å². The molecular weight excluding hydrogens is 727 g/mol. The molecule has 3 fully saturated rings. The largest absolute Gasteiger partial charge is 0.466 e. The van der Waals surface area contributed by atoms with Crippen molar-refractivity contribution in [1.29, 1.82) is 0 Å². The van der Waals surface area contributed by atoms with Crippen LogP contribution >= 0.6 is 11.8 Å². The van der Waals surface area contributed by atoms with Gasteiger partial charge in [-0.15, -0.1) is 0 Å². The number of aliphatic hydroxyl groups excluding tert-OH is 1. The van der Waals surface area contributed by atoms with Crippen LogP contribution in [0.2, 0.25) is 0 Å². The molecule has 334 valence electrons. The van der Waals surface area contributed by atoms with E-state index in [0.717, 1.165) is 62.8 Å². The van der Waals surface area contributed by atoms with Gasteiger partial charge >= 0.3 is 11.9 Å². The monoisotopic (exact) mass is 820 g/mol. The van der Waals surface area contributed by atoms with Crippen LogP contribution in [0.4, 0.5) is 0 Å². The zero-order valence-corrected chi connectivity index (χ0v) is 38.7. The average Bonchev–Trinajstić information content (AvgIpc) is 3.23. The molecule has 4 unspecified atom stereocenters. The second-order valence-corrected chi connectivity index (χ2v) is 20.4. The number of nitrogens with zero attached hydrogens (tertiary/aromatic N) is 1. The third-order valence-corrected chi connectivity index (χ3v) is 15.8. The molecule has 3 saturated carbocycles. The van der Waals surface area contributed by atoms with Gasteiger partial charge in [-0.25, -0.2) is 0 Å². The number of hydrogen-bond acceptors (Lipinski definition) is 7. The summed E-state index contributed by atoms with van der Waals surface area (Å²) in [5.41, 5.74) is 0. The topological polar surface area (TPSA) is 76.1 Å². The van der Waals surface area contributed by atoms with Gasteiger partial charge in [0.15, 0.2) is 0 Å². The van der Waals surface area contributed by atoms with Gasteiger partial charge in [0, 0.05) is 30.7 Å². The Kier molecular flexibility index (Phi) is 29.2. The molecule has 0 saturated heterocycles.